The topological polar surface area (TPSA) is 53.4 Å². The highest BCUT2D eigenvalue weighted by molar-refractivity contribution is 9.10. The fourth-order valence-corrected chi connectivity index (χ4v) is 3.00. The van der Waals surface area contributed by atoms with E-state index in [1.807, 2.05) is 11.9 Å². The van der Waals surface area contributed by atoms with Crippen LogP contribution < -0.4 is 4.90 Å². The van der Waals surface area contributed by atoms with Crippen LogP contribution >= 0.6 is 15.9 Å². The molecule has 19 heavy (non-hydrogen) atoms. The minimum absolute atomic E-state index is 0.260. The lowest BCUT2D eigenvalue weighted by Gasteiger charge is -2.34. The Morgan fingerprint density at radius 1 is 1.42 bits per heavy atom. The maximum atomic E-state index is 11.3. The molecule has 1 saturated carbocycles. The third kappa shape index (κ3) is 3.26. The molecule has 1 aliphatic carbocycles. The first-order valence-electron chi connectivity index (χ1n) is 6.60. The molecule has 1 aliphatic rings. The molecule has 5 heteroatoms. The quantitative estimate of drug-likeness (QED) is 0.922. The van der Waals surface area contributed by atoms with Gasteiger partial charge in [-0.05, 0) is 53.6 Å². The molecule has 0 saturated heterocycles. The van der Waals surface area contributed by atoms with E-state index in [9.17, 15) is 9.90 Å². The van der Waals surface area contributed by atoms with Gasteiger partial charge in [0.05, 0.1) is 0 Å². The monoisotopic (exact) mass is 326 g/mol. The molecule has 1 aromatic heterocycles. The molecule has 0 aliphatic heterocycles. The predicted molar refractivity (Wildman–Crippen MR) is 78.7 cm³/mol. The number of rotatable bonds is 3. The van der Waals surface area contributed by atoms with E-state index >= 15 is 0 Å². The first kappa shape index (κ1) is 14.3. The zero-order chi connectivity index (χ0) is 14.0. The van der Waals surface area contributed by atoms with Crippen molar-refractivity contribution in [3.05, 3.63) is 22.3 Å². The number of carboxylic acid groups (broad SMARTS) is 1. The van der Waals surface area contributed by atoms with Gasteiger partial charge in [0.15, 0.2) is 0 Å². The standard InChI is InChI=1S/C14H19BrN2O2/c1-9-3-5-11(6-4-9)17(2)13-12(14(18)19)7-10(15)8-16-13/h7-9,11H,3-6H2,1-2H3,(H,18,19). The molecular weight excluding hydrogens is 308 g/mol. The first-order valence-corrected chi connectivity index (χ1v) is 7.40. The van der Waals surface area contributed by atoms with Crippen LogP contribution in [0.1, 0.15) is 43.0 Å². The lowest BCUT2D eigenvalue weighted by molar-refractivity contribution is 0.0697. The summed E-state index contributed by atoms with van der Waals surface area (Å²) >= 11 is 3.27. The van der Waals surface area contributed by atoms with Crippen LogP contribution in [-0.2, 0) is 0 Å². The Morgan fingerprint density at radius 2 is 2.05 bits per heavy atom. The SMILES string of the molecule is CC1CCC(N(C)c2ncc(Br)cc2C(=O)O)CC1. The lowest BCUT2D eigenvalue weighted by Crippen LogP contribution is -2.36. The Labute approximate surface area is 122 Å². The fraction of sp³-hybridized carbons (Fsp3) is 0.571. The molecule has 0 atom stereocenters. The van der Waals surface area contributed by atoms with E-state index in [-0.39, 0.29) is 5.56 Å². The maximum Gasteiger partial charge on any atom is 0.339 e. The maximum absolute atomic E-state index is 11.3. The summed E-state index contributed by atoms with van der Waals surface area (Å²) in [6.45, 7) is 2.27. The molecule has 1 fully saturated rings. The van der Waals surface area contributed by atoms with E-state index < -0.39 is 5.97 Å². The predicted octanol–water partition coefficient (Wildman–Crippen LogP) is 3.56. The summed E-state index contributed by atoms with van der Waals surface area (Å²) in [6, 6.07) is 2.01. The number of carboxylic acids is 1. The minimum atomic E-state index is -0.931. The first-order chi connectivity index (χ1) is 8.99. The second kappa shape index (κ2) is 5.90. The minimum Gasteiger partial charge on any atom is -0.478 e. The zero-order valence-electron chi connectivity index (χ0n) is 11.3. The van der Waals surface area contributed by atoms with Crippen molar-refractivity contribution >= 4 is 27.7 Å². The number of carbonyl (C=O) groups is 1. The van der Waals surface area contributed by atoms with Crippen LogP contribution in [-0.4, -0.2) is 29.1 Å². The molecule has 0 unspecified atom stereocenters. The molecule has 0 radical (unpaired) electrons. The number of hydrogen-bond donors (Lipinski definition) is 1. The van der Waals surface area contributed by atoms with Crippen LogP contribution in [0.15, 0.2) is 16.7 Å². The van der Waals surface area contributed by atoms with Crippen LogP contribution in [0.2, 0.25) is 0 Å². The van der Waals surface area contributed by atoms with E-state index in [1.165, 1.54) is 12.8 Å². The lowest BCUT2D eigenvalue weighted by atomic mass is 9.86. The molecule has 104 valence electrons. The molecule has 2 rings (SSSR count). The number of anilines is 1. The van der Waals surface area contributed by atoms with Crippen molar-refractivity contribution in [3.63, 3.8) is 0 Å². The van der Waals surface area contributed by atoms with Crippen molar-refractivity contribution in [2.75, 3.05) is 11.9 Å². The summed E-state index contributed by atoms with van der Waals surface area (Å²) in [6.07, 6.45) is 6.27. The average Bonchev–Trinajstić information content (AvgIpc) is 2.38. The highest BCUT2D eigenvalue weighted by Crippen LogP contribution is 2.30. The molecule has 1 N–H and O–H groups in total. The Bertz CT molecular complexity index is 471. The molecule has 0 amide bonds. The van der Waals surface area contributed by atoms with Gasteiger partial charge in [0.25, 0.3) is 0 Å². The molecule has 1 aromatic rings. The van der Waals surface area contributed by atoms with Crippen molar-refractivity contribution in [2.24, 2.45) is 5.92 Å². The van der Waals surface area contributed by atoms with Gasteiger partial charge < -0.3 is 10.0 Å². The second-order valence-electron chi connectivity index (χ2n) is 5.35. The largest absolute Gasteiger partial charge is 0.478 e. The van der Waals surface area contributed by atoms with Gasteiger partial charge in [-0.15, -0.1) is 0 Å². The van der Waals surface area contributed by atoms with Gasteiger partial charge in [-0.1, -0.05) is 6.92 Å². The highest BCUT2D eigenvalue weighted by atomic mass is 79.9. The van der Waals surface area contributed by atoms with Crippen LogP contribution in [0.25, 0.3) is 0 Å². The van der Waals surface area contributed by atoms with Gasteiger partial charge in [0.2, 0.25) is 0 Å². The number of aromatic carboxylic acids is 1. The van der Waals surface area contributed by atoms with Crippen molar-refractivity contribution in [2.45, 2.75) is 38.6 Å². The molecule has 0 aromatic carbocycles. The molecule has 1 heterocycles. The van der Waals surface area contributed by atoms with Crippen LogP contribution in [0.4, 0.5) is 5.82 Å². The van der Waals surface area contributed by atoms with E-state index in [4.69, 9.17) is 0 Å². The third-order valence-electron chi connectivity index (χ3n) is 3.93. The summed E-state index contributed by atoms with van der Waals surface area (Å²) in [5.74, 6) is 0.413. The Morgan fingerprint density at radius 3 is 2.63 bits per heavy atom. The average molecular weight is 327 g/mol. The summed E-state index contributed by atoms with van der Waals surface area (Å²) in [7, 11) is 1.95. The van der Waals surface area contributed by atoms with E-state index in [0.717, 1.165) is 18.8 Å². The van der Waals surface area contributed by atoms with Crippen LogP contribution in [0.3, 0.4) is 0 Å². The number of halogens is 1. The van der Waals surface area contributed by atoms with Crippen molar-refractivity contribution in [1.82, 2.24) is 4.98 Å². The van der Waals surface area contributed by atoms with Crippen molar-refractivity contribution in [3.8, 4) is 0 Å². The second-order valence-corrected chi connectivity index (χ2v) is 6.27. The van der Waals surface area contributed by atoms with Gasteiger partial charge in [0, 0.05) is 23.8 Å². The highest BCUT2D eigenvalue weighted by Gasteiger charge is 2.25. The summed E-state index contributed by atoms with van der Waals surface area (Å²) in [4.78, 5) is 17.6. The van der Waals surface area contributed by atoms with Gasteiger partial charge in [-0.3, -0.25) is 0 Å². The van der Waals surface area contributed by atoms with Crippen molar-refractivity contribution in [1.29, 1.82) is 0 Å². The molecule has 4 nitrogen and oxygen atoms in total. The Balaban J connectivity index is 2.23. The Hall–Kier alpha value is -1.10. The smallest absolute Gasteiger partial charge is 0.339 e. The molecule has 0 bridgehead atoms. The third-order valence-corrected chi connectivity index (χ3v) is 4.36. The van der Waals surface area contributed by atoms with Gasteiger partial charge in [-0.2, -0.15) is 0 Å². The normalized spacial score (nSPS) is 23.1. The summed E-state index contributed by atoms with van der Waals surface area (Å²) < 4.78 is 0.694. The Kier molecular flexibility index (Phi) is 4.45. The van der Waals surface area contributed by atoms with Crippen molar-refractivity contribution < 1.29 is 9.90 Å². The number of nitrogens with zero attached hydrogens (tertiary/aromatic N) is 2. The van der Waals surface area contributed by atoms with E-state index in [0.29, 0.717) is 16.3 Å². The van der Waals surface area contributed by atoms with E-state index in [1.54, 1.807) is 12.3 Å². The molecule has 0 spiro atoms. The number of pyridine rings is 1. The van der Waals surface area contributed by atoms with E-state index in [2.05, 4.69) is 27.8 Å². The summed E-state index contributed by atoms with van der Waals surface area (Å²) in [5, 5.41) is 9.29. The zero-order valence-corrected chi connectivity index (χ0v) is 12.9. The summed E-state index contributed by atoms with van der Waals surface area (Å²) in [5.41, 5.74) is 0.260. The van der Waals surface area contributed by atoms with Crippen LogP contribution in [0, 0.1) is 5.92 Å². The molecular formula is C14H19BrN2O2. The number of hydrogen-bond acceptors (Lipinski definition) is 3. The fourth-order valence-electron chi connectivity index (χ4n) is 2.67. The van der Waals surface area contributed by atoms with Gasteiger partial charge in [0.1, 0.15) is 11.4 Å². The van der Waals surface area contributed by atoms with Crippen LogP contribution in [0.5, 0.6) is 0 Å². The van der Waals surface area contributed by atoms with Gasteiger partial charge in [-0.25, -0.2) is 9.78 Å². The van der Waals surface area contributed by atoms with Gasteiger partial charge >= 0.3 is 5.97 Å². The number of aromatic nitrogens is 1.